The number of halogens is 4. The van der Waals surface area contributed by atoms with E-state index in [2.05, 4.69) is 20.6 Å². The number of benzene rings is 1. The number of hydrogen-bond donors (Lipinski definition) is 2. The predicted octanol–water partition coefficient (Wildman–Crippen LogP) is 3.77. The molecule has 0 spiro atoms. The third-order valence-electron chi connectivity index (χ3n) is 4.39. The second-order valence-corrected chi connectivity index (χ2v) is 6.52. The van der Waals surface area contributed by atoms with Crippen LogP contribution >= 0.6 is 0 Å². The molecule has 1 saturated carbocycles. The molecule has 0 radical (unpaired) electrons. The van der Waals surface area contributed by atoms with Crippen molar-refractivity contribution in [3.63, 3.8) is 0 Å². The smallest absolute Gasteiger partial charge is 0.351 e. The first-order valence-corrected chi connectivity index (χ1v) is 8.47. The molecule has 0 saturated heterocycles. The average Bonchev–Trinajstić information content (AvgIpc) is 3.45. The number of alkyl halides is 3. The third-order valence-corrected chi connectivity index (χ3v) is 4.39. The number of nitrogens with one attached hydrogen (secondary N) is 2. The molecule has 27 heavy (non-hydrogen) atoms. The Hall–Kier alpha value is -2.71. The van der Waals surface area contributed by atoms with Gasteiger partial charge in [-0.25, -0.2) is 14.4 Å². The molecule has 5 nitrogen and oxygen atoms in total. The topological polar surface area (TPSA) is 66.9 Å². The van der Waals surface area contributed by atoms with Gasteiger partial charge in [-0.15, -0.1) is 0 Å². The first-order chi connectivity index (χ1) is 12.7. The van der Waals surface area contributed by atoms with Crippen molar-refractivity contribution in [2.75, 3.05) is 5.32 Å². The van der Waals surface area contributed by atoms with Gasteiger partial charge in [0, 0.05) is 24.3 Å². The maximum Gasteiger partial charge on any atom is 0.416 e. The van der Waals surface area contributed by atoms with Crippen LogP contribution in [0.3, 0.4) is 0 Å². The second-order valence-electron chi connectivity index (χ2n) is 6.52. The molecule has 1 aromatic heterocycles. The molecule has 9 heteroatoms. The van der Waals surface area contributed by atoms with Gasteiger partial charge < -0.3 is 10.6 Å². The number of carbonyl (C=O) groups is 1. The molecule has 1 aliphatic carbocycles. The van der Waals surface area contributed by atoms with E-state index in [0.717, 1.165) is 18.9 Å². The maximum atomic E-state index is 13.7. The van der Waals surface area contributed by atoms with Crippen LogP contribution in [0.1, 0.15) is 41.4 Å². The van der Waals surface area contributed by atoms with Crippen LogP contribution in [0.15, 0.2) is 30.5 Å². The summed E-state index contributed by atoms with van der Waals surface area (Å²) in [7, 11) is 0. The Labute approximate surface area is 153 Å². The Kier molecular flexibility index (Phi) is 5.29. The third kappa shape index (κ3) is 4.93. The van der Waals surface area contributed by atoms with Crippen molar-refractivity contribution in [2.45, 2.75) is 38.5 Å². The summed E-state index contributed by atoms with van der Waals surface area (Å²) in [6.07, 6.45) is -0.902. The van der Waals surface area contributed by atoms with E-state index in [1.54, 1.807) is 0 Å². The SMILES string of the molecule is C[C@@H](Nc1nccc(C(=O)NCc2cc(C(F)(F)F)ccc2F)n1)C1CC1. The number of amides is 1. The summed E-state index contributed by atoms with van der Waals surface area (Å²) in [4.78, 5) is 20.4. The molecule has 1 aliphatic rings. The molecule has 1 atom stereocenters. The van der Waals surface area contributed by atoms with Crippen molar-refractivity contribution in [3.8, 4) is 0 Å². The van der Waals surface area contributed by atoms with E-state index in [-0.39, 0.29) is 23.8 Å². The van der Waals surface area contributed by atoms with Gasteiger partial charge in [0.1, 0.15) is 11.5 Å². The molecular formula is C18H18F4N4O. The lowest BCUT2D eigenvalue weighted by molar-refractivity contribution is -0.137. The number of rotatable bonds is 6. The minimum absolute atomic E-state index is 0.0443. The lowest BCUT2D eigenvalue weighted by Crippen LogP contribution is -2.26. The molecule has 1 fully saturated rings. The molecule has 2 aromatic rings. The van der Waals surface area contributed by atoms with Gasteiger partial charge in [0.25, 0.3) is 5.91 Å². The van der Waals surface area contributed by atoms with Gasteiger partial charge in [-0.1, -0.05) is 0 Å². The number of hydrogen-bond acceptors (Lipinski definition) is 4. The summed E-state index contributed by atoms with van der Waals surface area (Å²) in [5.41, 5.74) is -1.19. The van der Waals surface area contributed by atoms with Crippen LogP contribution in [-0.2, 0) is 12.7 Å². The zero-order valence-corrected chi connectivity index (χ0v) is 14.5. The minimum atomic E-state index is -4.59. The summed E-state index contributed by atoms with van der Waals surface area (Å²) in [6.45, 7) is 1.62. The number of anilines is 1. The number of carbonyl (C=O) groups excluding carboxylic acids is 1. The van der Waals surface area contributed by atoms with Gasteiger partial charge in [-0.3, -0.25) is 4.79 Å². The summed E-state index contributed by atoms with van der Waals surface area (Å²) in [6, 6.07) is 3.63. The molecule has 1 heterocycles. The standard InChI is InChI=1S/C18H18F4N4O/c1-10(11-2-3-11)25-17-23-7-6-15(26-17)16(27)24-9-12-8-13(18(20,21)22)4-5-14(12)19/h4-8,10-11H,2-3,9H2,1H3,(H,24,27)(H,23,25,26)/t10-/m1/s1. The van der Waals surface area contributed by atoms with Crippen LogP contribution in [0.4, 0.5) is 23.5 Å². The van der Waals surface area contributed by atoms with Crippen LogP contribution in [-0.4, -0.2) is 21.9 Å². The molecular weight excluding hydrogens is 364 g/mol. The zero-order valence-electron chi connectivity index (χ0n) is 14.5. The van der Waals surface area contributed by atoms with Crippen LogP contribution in [0.5, 0.6) is 0 Å². The van der Waals surface area contributed by atoms with Gasteiger partial charge >= 0.3 is 6.18 Å². The Balaban J connectivity index is 1.65. The van der Waals surface area contributed by atoms with Crippen LogP contribution in [0.25, 0.3) is 0 Å². The van der Waals surface area contributed by atoms with E-state index < -0.39 is 23.5 Å². The van der Waals surface area contributed by atoms with Crippen LogP contribution in [0.2, 0.25) is 0 Å². The molecule has 3 rings (SSSR count). The predicted molar refractivity (Wildman–Crippen MR) is 90.4 cm³/mol. The van der Waals surface area contributed by atoms with Crippen molar-refractivity contribution in [1.82, 2.24) is 15.3 Å². The van der Waals surface area contributed by atoms with Crippen molar-refractivity contribution in [3.05, 3.63) is 53.1 Å². The maximum absolute atomic E-state index is 13.7. The summed E-state index contributed by atoms with van der Waals surface area (Å²) in [5.74, 6) is -0.592. The summed E-state index contributed by atoms with van der Waals surface area (Å²) in [5, 5.41) is 5.50. The van der Waals surface area contributed by atoms with Gasteiger partial charge in [-0.2, -0.15) is 13.2 Å². The quantitative estimate of drug-likeness (QED) is 0.747. The molecule has 144 valence electrons. The highest BCUT2D eigenvalue weighted by atomic mass is 19.4. The number of aromatic nitrogens is 2. The molecule has 1 aromatic carbocycles. The monoisotopic (exact) mass is 382 g/mol. The van der Waals surface area contributed by atoms with E-state index in [0.29, 0.717) is 24.0 Å². The van der Waals surface area contributed by atoms with Crippen LogP contribution < -0.4 is 10.6 Å². The molecule has 0 aliphatic heterocycles. The van der Waals surface area contributed by atoms with Crippen molar-refractivity contribution in [1.29, 1.82) is 0 Å². The highest BCUT2D eigenvalue weighted by molar-refractivity contribution is 5.92. The number of nitrogens with zero attached hydrogens (tertiary/aromatic N) is 2. The Morgan fingerprint density at radius 1 is 1.30 bits per heavy atom. The van der Waals surface area contributed by atoms with Crippen molar-refractivity contribution >= 4 is 11.9 Å². The fourth-order valence-electron chi connectivity index (χ4n) is 2.63. The normalized spacial score (nSPS) is 15.3. The lowest BCUT2D eigenvalue weighted by atomic mass is 10.1. The first kappa shape index (κ1) is 19.1. The highest BCUT2D eigenvalue weighted by Crippen LogP contribution is 2.33. The van der Waals surface area contributed by atoms with Crippen LogP contribution in [0, 0.1) is 11.7 Å². The van der Waals surface area contributed by atoms with Gasteiger partial charge in [0.05, 0.1) is 5.56 Å². The highest BCUT2D eigenvalue weighted by Gasteiger charge is 2.31. The fraction of sp³-hybridized carbons (Fsp3) is 0.389. The first-order valence-electron chi connectivity index (χ1n) is 8.47. The minimum Gasteiger partial charge on any atom is -0.351 e. The zero-order chi connectivity index (χ0) is 19.6. The van der Waals surface area contributed by atoms with E-state index in [1.165, 1.54) is 12.3 Å². The largest absolute Gasteiger partial charge is 0.416 e. The molecule has 2 N–H and O–H groups in total. The Morgan fingerprint density at radius 3 is 2.70 bits per heavy atom. The molecule has 0 bridgehead atoms. The fourth-order valence-corrected chi connectivity index (χ4v) is 2.63. The Bertz CT molecular complexity index is 836. The molecule has 1 amide bonds. The van der Waals surface area contributed by atoms with E-state index >= 15 is 0 Å². The van der Waals surface area contributed by atoms with E-state index in [1.807, 2.05) is 6.92 Å². The van der Waals surface area contributed by atoms with E-state index in [4.69, 9.17) is 0 Å². The molecule has 0 unspecified atom stereocenters. The van der Waals surface area contributed by atoms with Gasteiger partial charge in [0.15, 0.2) is 0 Å². The van der Waals surface area contributed by atoms with Gasteiger partial charge in [-0.05, 0) is 49.9 Å². The summed E-state index contributed by atoms with van der Waals surface area (Å²) < 4.78 is 52.0. The average molecular weight is 382 g/mol. The van der Waals surface area contributed by atoms with E-state index in [9.17, 15) is 22.4 Å². The van der Waals surface area contributed by atoms with Gasteiger partial charge in [0.2, 0.25) is 5.95 Å². The van der Waals surface area contributed by atoms with Crippen molar-refractivity contribution in [2.24, 2.45) is 5.92 Å². The second kappa shape index (κ2) is 7.50. The van der Waals surface area contributed by atoms with Crippen molar-refractivity contribution < 1.29 is 22.4 Å². The Morgan fingerprint density at radius 2 is 2.04 bits per heavy atom. The summed E-state index contributed by atoms with van der Waals surface area (Å²) >= 11 is 0. The lowest BCUT2D eigenvalue weighted by Gasteiger charge is -2.13.